The predicted molar refractivity (Wildman–Crippen MR) is 102 cm³/mol. The van der Waals surface area contributed by atoms with E-state index in [0.717, 1.165) is 22.6 Å². The first-order chi connectivity index (χ1) is 12.2. The molecule has 0 aliphatic rings. The van der Waals surface area contributed by atoms with Gasteiger partial charge < -0.3 is 9.47 Å². The Balaban J connectivity index is 1.76. The third kappa shape index (κ3) is 4.87. The van der Waals surface area contributed by atoms with Crippen molar-refractivity contribution >= 4 is 0 Å². The quantitative estimate of drug-likeness (QED) is 0.531. The zero-order valence-corrected chi connectivity index (χ0v) is 14.8. The minimum atomic E-state index is 0.447. The van der Waals surface area contributed by atoms with E-state index in [2.05, 4.69) is 50.2 Å². The third-order valence-electron chi connectivity index (χ3n) is 4.11. The fourth-order valence-corrected chi connectivity index (χ4v) is 2.59. The van der Waals surface area contributed by atoms with Gasteiger partial charge in [0.1, 0.15) is 13.2 Å². The summed E-state index contributed by atoms with van der Waals surface area (Å²) in [6.07, 6.45) is 0. The van der Waals surface area contributed by atoms with Crippen molar-refractivity contribution in [3.05, 3.63) is 95.6 Å². The van der Waals surface area contributed by atoms with Crippen molar-refractivity contribution < 1.29 is 9.47 Å². The molecular weight excluding hydrogens is 308 g/mol. The van der Waals surface area contributed by atoms with Crippen molar-refractivity contribution in [3.63, 3.8) is 0 Å². The molecule has 0 heterocycles. The molecular formula is C23H24O2. The van der Waals surface area contributed by atoms with Crippen LogP contribution in [0.2, 0.25) is 0 Å². The van der Waals surface area contributed by atoms with Gasteiger partial charge in [-0.15, -0.1) is 0 Å². The minimum absolute atomic E-state index is 0.447. The van der Waals surface area contributed by atoms with E-state index in [9.17, 15) is 0 Å². The Morgan fingerprint density at radius 3 is 1.68 bits per heavy atom. The Hall–Kier alpha value is -2.74. The second-order valence-electron chi connectivity index (χ2n) is 6.41. The van der Waals surface area contributed by atoms with Crippen LogP contribution >= 0.6 is 0 Å². The highest BCUT2D eigenvalue weighted by Gasteiger charge is 2.10. The molecule has 2 heteroatoms. The highest BCUT2D eigenvalue weighted by Crippen LogP contribution is 2.32. The van der Waals surface area contributed by atoms with E-state index in [1.807, 2.05) is 42.5 Å². The number of hydrogen-bond donors (Lipinski definition) is 0. The zero-order chi connectivity index (χ0) is 17.5. The van der Waals surface area contributed by atoms with Crippen molar-refractivity contribution in [3.8, 4) is 11.5 Å². The van der Waals surface area contributed by atoms with Gasteiger partial charge in [-0.25, -0.2) is 0 Å². The standard InChI is InChI=1S/C23H24O2/c1-18(2)21-13-14-22(24-16-19-9-5-3-6-10-19)23(15-21)25-17-20-11-7-4-8-12-20/h3-15,18H,16-17H2,1-2H3. The largest absolute Gasteiger partial charge is 0.485 e. The molecule has 2 nitrogen and oxygen atoms in total. The summed E-state index contributed by atoms with van der Waals surface area (Å²) in [6.45, 7) is 5.43. The lowest BCUT2D eigenvalue weighted by atomic mass is 10.0. The predicted octanol–water partition coefficient (Wildman–Crippen LogP) is 5.97. The summed E-state index contributed by atoms with van der Waals surface area (Å²) in [4.78, 5) is 0. The van der Waals surface area contributed by atoms with Gasteiger partial charge in [-0.3, -0.25) is 0 Å². The second-order valence-corrected chi connectivity index (χ2v) is 6.41. The van der Waals surface area contributed by atoms with Crippen molar-refractivity contribution in [2.75, 3.05) is 0 Å². The Bertz CT molecular complexity index is 780. The van der Waals surface area contributed by atoms with Crippen LogP contribution in [-0.2, 0) is 13.2 Å². The smallest absolute Gasteiger partial charge is 0.161 e. The fraction of sp³-hybridized carbons (Fsp3) is 0.217. The second kappa shape index (κ2) is 8.39. The first-order valence-electron chi connectivity index (χ1n) is 8.70. The average Bonchev–Trinajstić information content (AvgIpc) is 2.66. The van der Waals surface area contributed by atoms with Crippen molar-refractivity contribution in [1.29, 1.82) is 0 Å². The minimum Gasteiger partial charge on any atom is -0.485 e. The van der Waals surface area contributed by atoms with Crippen LogP contribution in [0.1, 0.15) is 36.5 Å². The molecule has 3 aromatic rings. The monoisotopic (exact) mass is 332 g/mol. The summed E-state index contributed by atoms with van der Waals surface area (Å²) in [7, 11) is 0. The SMILES string of the molecule is CC(C)c1ccc(OCc2ccccc2)c(OCc2ccccc2)c1. The van der Waals surface area contributed by atoms with Crippen LogP contribution in [0.15, 0.2) is 78.9 Å². The van der Waals surface area contributed by atoms with Crippen LogP contribution in [0.3, 0.4) is 0 Å². The van der Waals surface area contributed by atoms with Gasteiger partial charge in [0.2, 0.25) is 0 Å². The summed E-state index contributed by atoms with van der Waals surface area (Å²) in [6, 6.07) is 26.6. The third-order valence-corrected chi connectivity index (χ3v) is 4.11. The molecule has 0 saturated carbocycles. The van der Waals surface area contributed by atoms with Crippen LogP contribution in [0.4, 0.5) is 0 Å². The topological polar surface area (TPSA) is 18.5 Å². The molecule has 0 aliphatic heterocycles. The molecule has 0 N–H and O–H groups in total. The molecule has 128 valence electrons. The van der Waals surface area contributed by atoms with Gasteiger partial charge in [0.05, 0.1) is 0 Å². The zero-order valence-electron chi connectivity index (χ0n) is 14.8. The molecule has 0 atom stereocenters. The maximum absolute atomic E-state index is 6.08. The molecule has 0 amide bonds. The van der Waals surface area contributed by atoms with E-state index < -0.39 is 0 Å². The van der Waals surface area contributed by atoms with Crippen LogP contribution in [-0.4, -0.2) is 0 Å². The van der Waals surface area contributed by atoms with Gasteiger partial charge >= 0.3 is 0 Å². The van der Waals surface area contributed by atoms with Gasteiger partial charge in [0.25, 0.3) is 0 Å². The Morgan fingerprint density at radius 1 is 0.640 bits per heavy atom. The summed E-state index contributed by atoms with van der Waals surface area (Å²) in [5, 5.41) is 0. The Labute approximate surface area is 150 Å². The first kappa shape index (κ1) is 17.1. The molecule has 25 heavy (non-hydrogen) atoms. The van der Waals surface area contributed by atoms with E-state index >= 15 is 0 Å². The first-order valence-corrected chi connectivity index (χ1v) is 8.70. The molecule has 0 bridgehead atoms. The molecule has 0 radical (unpaired) electrons. The van der Waals surface area contributed by atoms with Crippen molar-refractivity contribution in [2.24, 2.45) is 0 Å². The van der Waals surface area contributed by atoms with Gasteiger partial charge in [-0.2, -0.15) is 0 Å². The van der Waals surface area contributed by atoms with E-state index in [0.29, 0.717) is 19.1 Å². The fourth-order valence-electron chi connectivity index (χ4n) is 2.59. The van der Waals surface area contributed by atoms with Gasteiger partial charge in [0, 0.05) is 0 Å². The van der Waals surface area contributed by atoms with Crippen LogP contribution in [0.5, 0.6) is 11.5 Å². The Kier molecular flexibility index (Phi) is 5.73. The van der Waals surface area contributed by atoms with E-state index in [1.54, 1.807) is 0 Å². The highest BCUT2D eigenvalue weighted by atomic mass is 16.5. The summed E-state index contributed by atoms with van der Waals surface area (Å²) >= 11 is 0. The lowest BCUT2D eigenvalue weighted by Crippen LogP contribution is -2.01. The highest BCUT2D eigenvalue weighted by molar-refractivity contribution is 5.44. The maximum atomic E-state index is 6.08. The molecule has 0 fully saturated rings. The van der Waals surface area contributed by atoms with Gasteiger partial charge in [0.15, 0.2) is 11.5 Å². The molecule has 0 saturated heterocycles. The number of benzene rings is 3. The molecule has 0 spiro atoms. The number of rotatable bonds is 7. The molecule has 0 unspecified atom stereocenters. The molecule has 0 aromatic heterocycles. The molecule has 3 rings (SSSR count). The summed E-state index contributed by atoms with van der Waals surface area (Å²) in [5.74, 6) is 2.03. The summed E-state index contributed by atoms with van der Waals surface area (Å²) < 4.78 is 12.1. The number of ether oxygens (including phenoxy) is 2. The van der Waals surface area contributed by atoms with E-state index in [-0.39, 0.29) is 0 Å². The summed E-state index contributed by atoms with van der Waals surface area (Å²) in [5.41, 5.74) is 3.53. The van der Waals surface area contributed by atoms with E-state index in [1.165, 1.54) is 5.56 Å². The van der Waals surface area contributed by atoms with Crippen LogP contribution in [0, 0.1) is 0 Å². The normalized spacial score (nSPS) is 10.7. The molecule has 3 aromatic carbocycles. The van der Waals surface area contributed by atoms with Crippen molar-refractivity contribution in [2.45, 2.75) is 33.0 Å². The average molecular weight is 332 g/mol. The van der Waals surface area contributed by atoms with Crippen molar-refractivity contribution in [1.82, 2.24) is 0 Å². The molecule has 0 aliphatic carbocycles. The number of hydrogen-bond acceptors (Lipinski definition) is 2. The van der Waals surface area contributed by atoms with Crippen LogP contribution in [0.25, 0.3) is 0 Å². The van der Waals surface area contributed by atoms with Gasteiger partial charge in [-0.05, 0) is 34.7 Å². The maximum Gasteiger partial charge on any atom is 0.161 e. The van der Waals surface area contributed by atoms with Gasteiger partial charge in [-0.1, -0.05) is 80.6 Å². The lowest BCUT2D eigenvalue weighted by molar-refractivity contribution is 0.255. The Morgan fingerprint density at radius 2 is 1.16 bits per heavy atom. The van der Waals surface area contributed by atoms with E-state index in [4.69, 9.17) is 9.47 Å². The van der Waals surface area contributed by atoms with Crippen LogP contribution < -0.4 is 9.47 Å². The lowest BCUT2D eigenvalue weighted by Gasteiger charge is -2.16.